The number of likely N-dealkylation sites (tertiary alicyclic amines) is 1. The molecule has 0 bridgehead atoms. The molecule has 1 fully saturated rings. The summed E-state index contributed by atoms with van der Waals surface area (Å²) in [6.07, 6.45) is 6.05. The van der Waals surface area contributed by atoms with Crippen molar-refractivity contribution in [2.45, 2.75) is 31.8 Å². The van der Waals surface area contributed by atoms with E-state index < -0.39 is 0 Å². The first-order chi connectivity index (χ1) is 10.8. The van der Waals surface area contributed by atoms with Gasteiger partial charge < -0.3 is 5.32 Å². The maximum atomic E-state index is 12.0. The normalized spacial score (nSPS) is 16.7. The summed E-state index contributed by atoms with van der Waals surface area (Å²) in [5, 5.41) is 9.18. The predicted octanol–water partition coefficient (Wildman–Crippen LogP) is 1.68. The van der Waals surface area contributed by atoms with Crippen LogP contribution in [0.2, 0.25) is 0 Å². The number of nitrogens with one attached hydrogen (secondary N) is 1. The number of rotatable bonds is 7. The summed E-state index contributed by atoms with van der Waals surface area (Å²) >= 11 is 1.77. The van der Waals surface area contributed by atoms with Gasteiger partial charge in [0, 0.05) is 17.8 Å². The van der Waals surface area contributed by atoms with Crippen LogP contribution in [0.15, 0.2) is 30.2 Å². The lowest BCUT2D eigenvalue weighted by Crippen LogP contribution is -2.36. The number of aromatic nitrogens is 3. The molecule has 1 aliphatic heterocycles. The van der Waals surface area contributed by atoms with Crippen LogP contribution in [0.5, 0.6) is 0 Å². The monoisotopic (exact) mass is 319 g/mol. The lowest BCUT2D eigenvalue weighted by molar-refractivity contribution is -0.121. The topological polar surface area (TPSA) is 63.1 Å². The van der Waals surface area contributed by atoms with Crippen molar-refractivity contribution >= 4 is 17.2 Å². The summed E-state index contributed by atoms with van der Waals surface area (Å²) in [6, 6.07) is 4.54. The van der Waals surface area contributed by atoms with Gasteiger partial charge in [-0.2, -0.15) is 5.10 Å². The highest BCUT2D eigenvalue weighted by Gasteiger charge is 2.24. The van der Waals surface area contributed by atoms with Crippen LogP contribution in [0, 0.1) is 0 Å². The molecule has 2 aromatic rings. The second-order valence-electron chi connectivity index (χ2n) is 5.49. The Kier molecular flexibility index (Phi) is 5.18. The Hall–Kier alpha value is -1.73. The van der Waals surface area contributed by atoms with Gasteiger partial charge in [-0.3, -0.25) is 14.4 Å². The molecule has 1 atom stereocenters. The number of carbonyl (C=O) groups is 1. The van der Waals surface area contributed by atoms with E-state index in [-0.39, 0.29) is 5.91 Å². The molecule has 6 nitrogen and oxygen atoms in total. The molecule has 3 heterocycles. The van der Waals surface area contributed by atoms with Crippen LogP contribution in [0.1, 0.15) is 30.2 Å². The largest absolute Gasteiger partial charge is 0.354 e. The average Bonchev–Trinajstić information content (AvgIpc) is 3.27. The molecule has 0 aliphatic carbocycles. The molecule has 0 radical (unpaired) electrons. The van der Waals surface area contributed by atoms with Gasteiger partial charge in [-0.25, -0.2) is 4.98 Å². The van der Waals surface area contributed by atoms with Crippen LogP contribution >= 0.6 is 11.3 Å². The zero-order valence-electron chi connectivity index (χ0n) is 12.5. The second kappa shape index (κ2) is 7.51. The standard InChI is InChI=1S/C15H21N5OS/c21-15(5-8-20-12-16-11-18-20)17-10-13(14-4-3-9-22-14)19-6-1-2-7-19/h3-4,9,11-13H,1-2,5-8,10H2,(H,17,21)/t13-/m1/s1. The fourth-order valence-corrected chi connectivity index (χ4v) is 3.67. The summed E-state index contributed by atoms with van der Waals surface area (Å²) in [4.78, 5) is 19.7. The van der Waals surface area contributed by atoms with Crippen molar-refractivity contribution in [1.29, 1.82) is 0 Å². The first-order valence-corrected chi connectivity index (χ1v) is 8.57. The van der Waals surface area contributed by atoms with E-state index >= 15 is 0 Å². The number of hydrogen-bond acceptors (Lipinski definition) is 5. The van der Waals surface area contributed by atoms with Crippen molar-refractivity contribution in [1.82, 2.24) is 25.0 Å². The zero-order chi connectivity index (χ0) is 15.2. The van der Waals surface area contributed by atoms with E-state index in [2.05, 4.69) is 37.8 Å². The lowest BCUT2D eigenvalue weighted by Gasteiger charge is -2.26. The first kappa shape index (κ1) is 15.2. The van der Waals surface area contributed by atoms with Crippen LogP contribution in [0.4, 0.5) is 0 Å². The SMILES string of the molecule is O=C(CCn1cncn1)NC[C@H](c1cccs1)N1CCCC1. The summed E-state index contributed by atoms with van der Waals surface area (Å²) in [6.45, 7) is 3.49. The number of carbonyl (C=O) groups excluding carboxylic acids is 1. The maximum absolute atomic E-state index is 12.0. The van der Waals surface area contributed by atoms with Crippen LogP contribution in [0.25, 0.3) is 0 Å². The molecule has 0 aromatic carbocycles. The van der Waals surface area contributed by atoms with E-state index in [4.69, 9.17) is 0 Å². The first-order valence-electron chi connectivity index (χ1n) is 7.69. The third kappa shape index (κ3) is 3.92. The van der Waals surface area contributed by atoms with Crippen molar-refractivity contribution in [2.24, 2.45) is 0 Å². The van der Waals surface area contributed by atoms with Crippen molar-refractivity contribution in [3.05, 3.63) is 35.0 Å². The molecular weight excluding hydrogens is 298 g/mol. The average molecular weight is 319 g/mol. The highest BCUT2D eigenvalue weighted by Crippen LogP contribution is 2.27. The lowest BCUT2D eigenvalue weighted by atomic mass is 10.2. The predicted molar refractivity (Wildman–Crippen MR) is 85.5 cm³/mol. The van der Waals surface area contributed by atoms with Crippen LogP contribution < -0.4 is 5.32 Å². The Labute approximate surface area is 134 Å². The summed E-state index contributed by atoms with van der Waals surface area (Å²) in [5.41, 5.74) is 0. The minimum absolute atomic E-state index is 0.0660. The Morgan fingerprint density at radius 3 is 2.95 bits per heavy atom. The van der Waals surface area contributed by atoms with E-state index in [0.29, 0.717) is 25.6 Å². The van der Waals surface area contributed by atoms with E-state index in [9.17, 15) is 4.79 Å². The van der Waals surface area contributed by atoms with Crippen molar-refractivity contribution < 1.29 is 4.79 Å². The second-order valence-corrected chi connectivity index (χ2v) is 6.47. The Balaban J connectivity index is 1.51. The van der Waals surface area contributed by atoms with Gasteiger partial charge in [0.1, 0.15) is 12.7 Å². The Morgan fingerprint density at radius 2 is 2.27 bits per heavy atom. The number of hydrogen-bond donors (Lipinski definition) is 1. The minimum atomic E-state index is 0.0660. The fourth-order valence-electron chi connectivity index (χ4n) is 2.81. The van der Waals surface area contributed by atoms with Crippen molar-refractivity contribution in [3.63, 3.8) is 0 Å². The molecule has 1 saturated heterocycles. The number of aryl methyl sites for hydroxylation is 1. The molecule has 0 spiro atoms. The number of nitrogens with zero attached hydrogens (tertiary/aromatic N) is 4. The van der Waals surface area contributed by atoms with Gasteiger partial charge in [-0.1, -0.05) is 6.07 Å². The zero-order valence-corrected chi connectivity index (χ0v) is 13.3. The molecular formula is C15H21N5OS. The van der Waals surface area contributed by atoms with Gasteiger partial charge in [-0.15, -0.1) is 11.3 Å². The quantitative estimate of drug-likeness (QED) is 0.843. The van der Waals surface area contributed by atoms with Crippen molar-refractivity contribution in [3.8, 4) is 0 Å². The molecule has 1 N–H and O–H groups in total. The highest BCUT2D eigenvalue weighted by molar-refractivity contribution is 7.10. The molecule has 7 heteroatoms. The number of thiophene rings is 1. The molecule has 3 rings (SSSR count). The molecule has 0 unspecified atom stereocenters. The van der Waals surface area contributed by atoms with Crippen LogP contribution in [0.3, 0.4) is 0 Å². The molecule has 22 heavy (non-hydrogen) atoms. The molecule has 1 aliphatic rings. The minimum Gasteiger partial charge on any atom is -0.354 e. The third-order valence-electron chi connectivity index (χ3n) is 3.98. The van der Waals surface area contributed by atoms with Gasteiger partial charge in [0.2, 0.25) is 5.91 Å². The summed E-state index contributed by atoms with van der Waals surface area (Å²) in [5.74, 6) is 0.0660. The summed E-state index contributed by atoms with van der Waals surface area (Å²) < 4.78 is 1.68. The highest BCUT2D eigenvalue weighted by atomic mass is 32.1. The van der Waals surface area contributed by atoms with Crippen molar-refractivity contribution in [2.75, 3.05) is 19.6 Å². The summed E-state index contributed by atoms with van der Waals surface area (Å²) in [7, 11) is 0. The van der Waals surface area contributed by atoms with E-state index in [1.807, 2.05) is 0 Å². The van der Waals surface area contributed by atoms with E-state index in [0.717, 1.165) is 13.1 Å². The van der Waals surface area contributed by atoms with Gasteiger partial charge >= 0.3 is 0 Å². The molecule has 2 aromatic heterocycles. The van der Waals surface area contributed by atoms with Crippen LogP contribution in [-0.4, -0.2) is 45.2 Å². The molecule has 1 amide bonds. The van der Waals surface area contributed by atoms with Gasteiger partial charge in [-0.05, 0) is 37.4 Å². The number of amides is 1. The maximum Gasteiger partial charge on any atom is 0.221 e. The van der Waals surface area contributed by atoms with Gasteiger partial charge in [0.25, 0.3) is 0 Å². The van der Waals surface area contributed by atoms with Gasteiger partial charge in [0.05, 0.1) is 12.6 Å². The Morgan fingerprint density at radius 1 is 1.41 bits per heavy atom. The van der Waals surface area contributed by atoms with Crippen LogP contribution in [-0.2, 0) is 11.3 Å². The smallest absolute Gasteiger partial charge is 0.221 e. The molecule has 118 valence electrons. The molecule has 0 saturated carbocycles. The Bertz CT molecular complexity index is 563. The fraction of sp³-hybridized carbons (Fsp3) is 0.533. The van der Waals surface area contributed by atoms with E-state index in [1.54, 1.807) is 22.3 Å². The van der Waals surface area contributed by atoms with E-state index in [1.165, 1.54) is 24.0 Å². The third-order valence-corrected chi connectivity index (χ3v) is 4.95. The van der Waals surface area contributed by atoms with Gasteiger partial charge in [0.15, 0.2) is 0 Å².